The molecule has 1 aromatic heterocycles. The van der Waals surface area contributed by atoms with E-state index in [1.165, 1.54) is 18.2 Å². The fraction of sp³-hybridized carbons (Fsp3) is 0.214. The number of rotatable bonds is 4. The van der Waals surface area contributed by atoms with Crippen LogP contribution in [0.1, 0.15) is 24.1 Å². The van der Waals surface area contributed by atoms with E-state index in [-0.39, 0.29) is 17.6 Å². The van der Waals surface area contributed by atoms with E-state index in [4.69, 9.17) is 0 Å². The van der Waals surface area contributed by atoms with Crippen LogP contribution in [0, 0.1) is 5.82 Å². The first-order chi connectivity index (χ1) is 8.66. The molecule has 1 aromatic carbocycles. The van der Waals surface area contributed by atoms with Gasteiger partial charge in [0, 0.05) is 30.5 Å². The molecule has 0 aliphatic heterocycles. The van der Waals surface area contributed by atoms with E-state index in [2.05, 4.69) is 10.3 Å². The van der Waals surface area contributed by atoms with Crippen LogP contribution in [-0.4, -0.2) is 10.1 Å². The molecule has 1 heterocycles. The minimum atomic E-state index is -0.346. The molecule has 0 aliphatic carbocycles. The van der Waals surface area contributed by atoms with E-state index in [0.29, 0.717) is 12.1 Å². The number of phenols is 1. The van der Waals surface area contributed by atoms with Crippen LogP contribution in [0.25, 0.3) is 0 Å². The van der Waals surface area contributed by atoms with Gasteiger partial charge in [0.1, 0.15) is 11.6 Å². The standard InChI is InChI=1S/C14H15FN2O/c1-10(11-4-6-16-7-5-11)17-9-12-8-13(15)2-3-14(12)18/h2-8,10,17-18H,9H2,1H3/t10-/m1/s1. The quantitative estimate of drug-likeness (QED) is 0.872. The summed E-state index contributed by atoms with van der Waals surface area (Å²) >= 11 is 0. The van der Waals surface area contributed by atoms with Crippen molar-refractivity contribution in [2.45, 2.75) is 19.5 Å². The van der Waals surface area contributed by atoms with Crippen LogP contribution < -0.4 is 5.32 Å². The molecule has 4 heteroatoms. The molecule has 0 saturated heterocycles. The van der Waals surface area contributed by atoms with Gasteiger partial charge in [-0.05, 0) is 42.8 Å². The highest BCUT2D eigenvalue weighted by molar-refractivity contribution is 5.32. The number of phenolic OH excluding ortho intramolecular Hbond substituents is 1. The zero-order valence-corrected chi connectivity index (χ0v) is 10.1. The summed E-state index contributed by atoms with van der Waals surface area (Å²) in [7, 11) is 0. The molecule has 2 N–H and O–H groups in total. The highest BCUT2D eigenvalue weighted by Gasteiger charge is 2.07. The number of aromatic nitrogens is 1. The number of nitrogens with zero attached hydrogens (tertiary/aromatic N) is 1. The van der Waals surface area contributed by atoms with Crippen molar-refractivity contribution in [1.82, 2.24) is 10.3 Å². The van der Waals surface area contributed by atoms with Crippen LogP contribution in [0.4, 0.5) is 4.39 Å². The Labute approximate surface area is 105 Å². The largest absolute Gasteiger partial charge is 0.508 e. The van der Waals surface area contributed by atoms with Crippen molar-refractivity contribution >= 4 is 0 Å². The number of nitrogens with one attached hydrogen (secondary N) is 1. The molecule has 0 bridgehead atoms. The minimum absolute atomic E-state index is 0.103. The van der Waals surface area contributed by atoms with Gasteiger partial charge in [-0.2, -0.15) is 0 Å². The summed E-state index contributed by atoms with van der Waals surface area (Å²) in [4.78, 5) is 3.95. The zero-order valence-electron chi connectivity index (χ0n) is 10.1. The molecule has 0 unspecified atom stereocenters. The monoisotopic (exact) mass is 246 g/mol. The lowest BCUT2D eigenvalue weighted by Gasteiger charge is -2.14. The summed E-state index contributed by atoms with van der Waals surface area (Å²) in [6.45, 7) is 2.42. The first-order valence-electron chi connectivity index (χ1n) is 5.77. The molecule has 0 radical (unpaired) electrons. The van der Waals surface area contributed by atoms with E-state index < -0.39 is 0 Å². The van der Waals surface area contributed by atoms with Gasteiger partial charge >= 0.3 is 0 Å². The maximum atomic E-state index is 13.0. The fourth-order valence-corrected chi connectivity index (χ4v) is 1.73. The van der Waals surface area contributed by atoms with Crippen LogP contribution in [0.2, 0.25) is 0 Å². The Morgan fingerprint density at radius 2 is 2.00 bits per heavy atom. The Balaban J connectivity index is 2.01. The van der Waals surface area contributed by atoms with Crippen LogP contribution in [0.3, 0.4) is 0 Å². The van der Waals surface area contributed by atoms with Crippen molar-refractivity contribution in [1.29, 1.82) is 0 Å². The number of hydrogen-bond donors (Lipinski definition) is 2. The molecule has 0 fully saturated rings. The molecule has 94 valence electrons. The van der Waals surface area contributed by atoms with Crippen molar-refractivity contribution in [3.8, 4) is 5.75 Å². The first-order valence-corrected chi connectivity index (χ1v) is 5.77. The number of aromatic hydroxyl groups is 1. The van der Waals surface area contributed by atoms with Crippen LogP contribution in [0.15, 0.2) is 42.7 Å². The van der Waals surface area contributed by atoms with Gasteiger partial charge < -0.3 is 10.4 Å². The lowest BCUT2D eigenvalue weighted by atomic mass is 10.1. The maximum absolute atomic E-state index is 13.0. The Morgan fingerprint density at radius 3 is 2.72 bits per heavy atom. The summed E-state index contributed by atoms with van der Waals surface area (Å²) in [6, 6.07) is 7.89. The van der Waals surface area contributed by atoms with Gasteiger partial charge in [0.05, 0.1) is 0 Å². The first kappa shape index (κ1) is 12.5. The lowest BCUT2D eigenvalue weighted by Crippen LogP contribution is -2.18. The molecule has 2 rings (SSSR count). The number of pyridine rings is 1. The second-order valence-electron chi connectivity index (χ2n) is 4.16. The molecule has 0 saturated carbocycles. The third-order valence-corrected chi connectivity index (χ3v) is 2.85. The fourth-order valence-electron chi connectivity index (χ4n) is 1.73. The smallest absolute Gasteiger partial charge is 0.123 e. The van der Waals surface area contributed by atoms with Crippen molar-refractivity contribution in [3.05, 3.63) is 59.7 Å². The normalized spacial score (nSPS) is 12.3. The molecule has 0 spiro atoms. The highest BCUT2D eigenvalue weighted by atomic mass is 19.1. The number of halogens is 1. The predicted molar refractivity (Wildman–Crippen MR) is 67.6 cm³/mol. The van der Waals surface area contributed by atoms with Crippen LogP contribution in [-0.2, 0) is 6.54 Å². The van der Waals surface area contributed by atoms with E-state index in [1.807, 2.05) is 19.1 Å². The van der Waals surface area contributed by atoms with Gasteiger partial charge in [-0.3, -0.25) is 4.98 Å². The SMILES string of the molecule is C[C@@H](NCc1cc(F)ccc1O)c1ccncc1. The number of hydrogen-bond acceptors (Lipinski definition) is 3. The van der Waals surface area contributed by atoms with Crippen molar-refractivity contribution in [2.75, 3.05) is 0 Å². The van der Waals surface area contributed by atoms with E-state index in [0.717, 1.165) is 5.56 Å². The predicted octanol–water partition coefficient (Wildman–Crippen LogP) is 2.78. The minimum Gasteiger partial charge on any atom is -0.508 e. The summed E-state index contributed by atoms with van der Waals surface area (Å²) in [5, 5.41) is 12.8. The highest BCUT2D eigenvalue weighted by Crippen LogP contribution is 2.19. The summed E-state index contributed by atoms with van der Waals surface area (Å²) < 4.78 is 13.0. The molecular formula is C14H15FN2O. The van der Waals surface area contributed by atoms with Crippen LogP contribution in [0.5, 0.6) is 5.75 Å². The van der Waals surface area contributed by atoms with Gasteiger partial charge in [-0.1, -0.05) is 0 Å². The molecule has 0 aliphatic rings. The molecule has 1 atom stereocenters. The van der Waals surface area contributed by atoms with Crippen molar-refractivity contribution in [2.24, 2.45) is 0 Å². The number of benzene rings is 1. The second-order valence-corrected chi connectivity index (χ2v) is 4.16. The average molecular weight is 246 g/mol. The Morgan fingerprint density at radius 1 is 1.28 bits per heavy atom. The van der Waals surface area contributed by atoms with Crippen molar-refractivity contribution < 1.29 is 9.50 Å². The van der Waals surface area contributed by atoms with Gasteiger partial charge in [0.15, 0.2) is 0 Å². The average Bonchev–Trinajstić information content (AvgIpc) is 2.40. The van der Waals surface area contributed by atoms with Gasteiger partial charge in [-0.25, -0.2) is 4.39 Å². The van der Waals surface area contributed by atoms with Crippen molar-refractivity contribution in [3.63, 3.8) is 0 Å². The summed E-state index contributed by atoms with van der Waals surface area (Å²) in [6.07, 6.45) is 3.46. The Bertz CT molecular complexity index is 516. The molecular weight excluding hydrogens is 231 g/mol. The Kier molecular flexibility index (Phi) is 3.89. The molecule has 0 amide bonds. The Hall–Kier alpha value is -1.94. The van der Waals surface area contributed by atoms with E-state index in [9.17, 15) is 9.50 Å². The second kappa shape index (κ2) is 5.60. The third-order valence-electron chi connectivity index (χ3n) is 2.85. The summed E-state index contributed by atoms with van der Waals surface area (Å²) in [5.74, 6) is -0.244. The molecule has 3 nitrogen and oxygen atoms in total. The summed E-state index contributed by atoms with van der Waals surface area (Å²) in [5.41, 5.74) is 1.65. The molecule has 18 heavy (non-hydrogen) atoms. The van der Waals surface area contributed by atoms with E-state index >= 15 is 0 Å². The lowest BCUT2D eigenvalue weighted by molar-refractivity contribution is 0.457. The topological polar surface area (TPSA) is 45.1 Å². The van der Waals surface area contributed by atoms with Gasteiger partial charge in [-0.15, -0.1) is 0 Å². The van der Waals surface area contributed by atoms with Gasteiger partial charge in [0.2, 0.25) is 0 Å². The maximum Gasteiger partial charge on any atom is 0.123 e. The third kappa shape index (κ3) is 3.05. The van der Waals surface area contributed by atoms with E-state index in [1.54, 1.807) is 12.4 Å². The van der Waals surface area contributed by atoms with Gasteiger partial charge in [0.25, 0.3) is 0 Å². The van der Waals surface area contributed by atoms with Crippen LogP contribution >= 0.6 is 0 Å². The molecule has 2 aromatic rings. The zero-order chi connectivity index (χ0) is 13.0.